The zero-order chi connectivity index (χ0) is 16.8. The summed E-state index contributed by atoms with van der Waals surface area (Å²) in [7, 11) is 0. The zero-order valence-corrected chi connectivity index (χ0v) is 14.3. The van der Waals surface area contributed by atoms with E-state index in [1.165, 1.54) is 24.8 Å². The molecule has 0 saturated carbocycles. The molecule has 0 radical (unpaired) electrons. The molecule has 1 saturated heterocycles. The van der Waals surface area contributed by atoms with Crippen molar-refractivity contribution in [3.8, 4) is 11.1 Å². The number of aryl methyl sites for hydroxylation is 1. The first-order valence-corrected chi connectivity index (χ1v) is 8.92. The van der Waals surface area contributed by atoms with Gasteiger partial charge in [-0.05, 0) is 43.5 Å². The van der Waals surface area contributed by atoms with Crippen LogP contribution >= 0.6 is 0 Å². The van der Waals surface area contributed by atoms with E-state index in [0.717, 1.165) is 29.7 Å². The number of hydrogen-bond acceptors (Lipinski definition) is 2. The number of rotatable bonds is 4. The van der Waals surface area contributed by atoms with Crippen molar-refractivity contribution >= 4 is 5.91 Å². The second-order valence-electron chi connectivity index (χ2n) is 6.63. The normalized spacial score (nSPS) is 18.0. The molecule has 0 unspecified atom stereocenters. The fourth-order valence-electron chi connectivity index (χ4n) is 3.33. The first-order valence-electron chi connectivity index (χ1n) is 8.92. The van der Waals surface area contributed by atoms with Crippen LogP contribution in [0.2, 0.25) is 0 Å². The van der Waals surface area contributed by atoms with Crippen molar-refractivity contribution in [2.24, 2.45) is 0 Å². The summed E-state index contributed by atoms with van der Waals surface area (Å²) in [6.07, 6.45) is 4.90. The quantitative estimate of drug-likeness (QED) is 0.895. The summed E-state index contributed by atoms with van der Waals surface area (Å²) in [4.78, 5) is 12.7. The van der Waals surface area contributed by atoms with Gasteiger partial charge in [0.1, 0.15) is 0 Å². The van der Waals surface area contributed by atoms with Crippen LogP contribution in [0, 0.1) is 6.92 Å². The van der Waals surface area contributed by atoms with E-state index in [2.05, 4.69) is 35.8 Å². The van der Waals surface area contributed by atoms with Gasteiger partial charge in [-0.25, -0.2) is 0 Å². The van der Waals surface area contributed by atoms with Gasteiger partial charge >= 0.3 is 0 Å². The van der Waals surface area contributed by atoms with E-state index in [1.807, 2.05) is 30.3 Å². The second-order valence-corrected chi connectivity index (χ2v) is 6.63. The van der Waals surface area contributed by atoms with Crippen molar-refractivity contribution in [3.63, 3.8) is 0 Å². The van der Waals surface area contributed by atoms with Gasteiger partial charge in [0.15, 0.2) is 0 Å². The maximum Gasteiger partial charge on any atom is 0.251 e. The van der Waals surface area contributed by atoms with Crippen LogP contribution in [-0.4, -0.2) is 25.0 Å². The Bertz CT molecular complexity index is 688. The van der Waals surface area contributed by atoms with E-state index in [4.69, 9.17) is 0 Å². The van der Waals surface area contributed by atoms with Crippen molar-refractivity contribution in [2.45, 2.75) is 38.6 Å². The lowest BCUT2D eigenvalue weighted by Crippen LogP contribution is -2.40. The molecular weight excluding hydrogens is 296 g/mol. The van der Waals surface area contributed by atoms with Crippen LogP contribution in [0.1, 0.15) is 41.6 Å². The van der Waals surface area contributed by atoms with E-state index in [0.29, 0.717) is 12.6 Å². The number of hydrogen-bond donors (Lipinski definition) is 2. The average molecular weight is 322 g/mol. The third-order valence-electron chi connectivity index (χ3n) is 4.67. The molecule has 1 heterocycles. The van der Waals surface area contributed by atoms with Crippen LogP contribution in [0.15, 0.2) is 48.5 Å². The minimum Gasteiger partial charge on any atom is -0.350 e. The molecule has 1 amide bonds. The molecule has 126 valence electrons. The number of nitrogens with one attached hydrogen (secondary N) is 2. The van der Waals surface area contributed by atoms with Gasteiger partial charge in [-0.2, -0.15) is 0 Å². The Labute approximate surface area is 144 Å². The number of amides is 1. The predicted octanol–water partition coefficient (Wildman–Crippen LogP) is 3.92. The lowest BCUT2D eigenvalue weighted by atomic mass is 9.98. The van der Waals surface area contributed by atoms with Crippen molar-refractivity contribution in [2.75, 3.05) is 13.1 Å². The summed E-state index contributed by atoms with van der Waals surface area (Å²) in [5, 5.41) is 6.65. The largest absolute Gasteiger partial charge is 0.350 e. The van der Waals surface area contributed by atoms with Crippen molar-refractivity contribution < 1.29 is 4.79 Å². The highest BCUT2D eigenvalue weighted by Crippen LogP contribution is 2.24. The maximum absolute atomic E-state index is 12.7. The SMILES string of the molecule is Cc1cccc(-c2ccccc2C(=O)NC[C@@H]2CCCCCN2)c1. The molecule has 3 rings (SSSR count). The first-order chi connectivity index (χ1) is 11.7. The molecule has 3 nitrogen and oxygen atoms in total. The van der Waals surface area contributed by atoms with Gasteiger partial charge in [0.25, 0.3) is 5.91 Å². The Morgan fingerprint density at radius 3 is 2.88 bits per heavy atom. The van der Waals surface area contributed by atoms with Crippen molar-refractivity contribution in [1.82, 2.24) is 10.6 Å². The topological polar surface area (TPSA) is 41.1 Å². The van der Waals surface area contributed by atoms with Crippen LogP contribution in [0.25, 0.3) is 11.1 Å². The molecule has 0 aromatic heterocycles. The van der Waals surface area contributed by atoms with E-state index in [9.17, 15) is 4.79 Å². The van der Waals surface area contributed by atoms with Crippen LogP contribution in [0.3, 0.4) is 0 Å². The molecule has 0 aliphatic carbocycles. The first kappa shape index (κ1) is 16.7. The molecule has 2 aromatic carbocycles. The van der Waals surface area contributed by atoms with E-state index in [1.54, 1.807) is 0 Å². The minimum atomic E-state index is 0.0122. The van der Waals surface area contributed by atoms with Crippen molar-refractivity contribution in [3.05, 3.63) is 59.7 Å². The van der Waals surface area contributed by atoms with Gasteiger partial charge in [-0.3, -0.25) is 4.79 Å². The number of carbonyl (C=O) groups excluding carboxylic acids is 1. The Kier molecular flexibility index (Phi) is 5.65. The third-order valence-corrected chi connectivity index (χ3v) is 4.67. The summed E-state index contributed by atoms with van der Waals surface area (Å²) in [5.41, 5.74) is 4.03. The fourth-order valence-corrected chi connectivity index (χ4v) is 3.33. The second kappa shape index (κ2) is 8.11. The minimum absolute atomic E-state index is 0.0122. The highest BCUT2D eigenvalue weighted by atomic mass is 16.1. The molecule has 2 aromatic rings. The average Bonchev–Trinajstić information content (AvgIpc) is 2.88. The Hall–Kier alpha value is -2.13. The van der Waals surface area contributed by atoms with Crippen molar-refractivity contribution in [1.29, 1.82) is 0 Å². The molecule has 0 spiro atoms. The molecular formula is C21H26N2O. The number of carbonyl (C=O) groups is 1. The molecule has 1 atom stereocenters. The lowest BCUT2D eigenvalue weighted by Gasteiger charge is -2.17. The summed E-state index contributed by atoms with van der Waals surface area (Å²) in [5.74, 6) is 0.0122. The number of benzene rings is 2. The van der Waals surface area contributed by atoms with E-state index in [-0.39, 0.29) is 5.91 Å². The molecule has 1 fully saturated rings. The lowest BCUT2D eigenvalue weighted by molar-refractivity contribution is 0.0950. The summed E-state index contributed by atoms with van der Waals surface area (Å²) in [6, 6.07) is 16.5. The van der Waals surface area contributed by atoms with Gasteiger partial charge in [0.05, 0.1) is 0 Å². The monoisotopic (exact) mass is 322 g/mol. The third kappa shape index (κ3) is 4.24. The van der Waals surface area contributed by atoms with Gasteiger partial charge < -0.3 is 10.6 Å². The van der Waals surface area contributed by atoms with Gasteiger partial charge in [-0.15, -0.1) is 0 Å². The molecule has 2 N–H and O–H groups in total. The summed E-state index contributed by atoms with van der Waals surface area (Å²) in [6.45, 7) is 3.82. The Morgan fingerprint density at radius 1 is 1.12 bits per heavy atom. The molecule has 24 heavy (non-hydrogen) atoms. The highest BCUT2D eigenvalue weighted by Gasteiger charge is 2.15. The molecule has 1 aliphatic heterocycles. The zero-order valence-electron chi connectivity index (χ0n) is 14.3. The predicted molar refractivity (Wildman–Crippen MR) is 99.2 cm³/mol. The summed E-state index contributed by atoms with van der Waals surface area (Å²) >= 11 is 0. The smallest absolute Gasteiger partial charge is 0.251 e. The van der Waals surface area contributed by atoms with Gasteiger partial charge in [-0.1, -0.05) is 60.9 Å². The van der Waals surface area contributed by atoms with Crippen LogP contribution in [0.4, 0.5) is 0 Å². The fraction of sp³-hybridized carbons (Fsp3) is 0.381. The van der Waals surface area contributed by atoms with Crippen LogP contribution < -0.4 is 10.6 Å². The molecule has 1 aliphatic rings. The summed E-state index contributed by atoms with van der Waals surface area (Å²) < 4.78 is 0. The Balaban J connectivity index is 1.73. The van der Waals surface area contributed by atoms with Crippen LogP contribution in [0.5, 0.6) is 0 Å². The van der Waals surface area contributed by atoms with Crippen LogP contribution in [-0.2, 0) is 0 Å². The Morgan fingerprint density at radius 2 is 2.00 bits per heavy atom. The maximum atomic E-state index is 12.7. The van der Waals surface area contributed by atoms with Gasteiger partial charge in [0.2, 0.25) is 0 Å². The van der Waals surface area contributed by atoms with Gasteiger partial charge in [0, 0.05) is 18.2 Å². The highest BCUT2D eigenvalue weighted by molar-refractivity contribution is 6.00. The van der Waals surface area contributed by atoms with E-state index >= 15 is 0 Å². The standard InChI is InChI=1S/C21H26N2O/c1-16-8-7-9-17(14-16)19-11-4-5-12-20(19)21(24)23-15-18-10-3-2-6-13-22-18/h4-5,7-9,11-12,14,18,22H,2-3,6,10,13,15H2,1H3,(H,23,24)/t18-/m0/s1. The molecule has 0 bridgehead atoms. The van der Waals surface area contributed by atoms with E-state index < -0.39 is 0 Å². The molecule has 3 heteroatoms.